The number of ether oxygens (including phenoxy) is 2. The monoisotopic (exact) mass is 372 g/mol. The quantitative estimate of drug-likeness (QED) is 0.580. The first-order valence-corrected chi connectivity index (χ1v) is 9.06. The van der Waals surface area contributed by atoms with E-state index in [1.54, 1.807) is 48.5 Å². The molecule has 0 saturated heterocycles. The second-order valence-electron chi connectivity index (χ2n) is 6.67. The normalized spacial score (nSPS) is 25.3. The molecule has 136 valence electrons. The number of carbonyl (C=O) groups is 2. The van der Waals surface area contributed by atoms with E-state index in [0.717, 1.165) is 6.42 Å². The third-order valence-corrected chi connectivity index (χ3v) is 5.00. The molecule has 3 atom stereocenters. The van der Waals surface area contributed by atoms with Crippen LogP contribution in [-0.2, 0) is 9.47 Å². The Morgan fingerprint density at radius 2 is 1.42 bits per heavy atom. The molecule has 0 amide bonds. The van der Waals surface area contributed by atoms with Crippen molar-refractivity contribution < 1.29 is 19.1 Å². The van der Waals surface area contributed by atoms with Crippen molar-refractivity contribution in [3.8, 4) is 0 Å². The van der Waals surface area contributed by atoms with E-state index < -0.39 is 29.0 Å². The Morgan fingerprint density at radius 1 is 0.923 bits per heavy atom. The van der Waals surface area contributed by atoms with E-state index in [2.05, 4.69) is 0 Å². The van der Waals surface area contributed by atoms with E-state index in [9.17, 15) is 9.59 Å². The van der Waals surface area contributed by atoms with Gasteiger partial charge < -0.3 is 9.47 Å². The van der Waals surface area contributed by atoms with Crippen LogP contribution in [0.5, 0.6) is 0 Å². The van der Waals surface area contributed by atoms with E-state index in [1.165, 1.54) is 0 Å². The summed E-state index contributed by atoms with van der Waals surface area (Å²) in [5, 5.41) is 0. The minimum Gasteiger partial charge on any atom is -0.455 e. The fraction of sp³-hybridized carbons (Fsp3) is 0.333. The summed E-state index contributed by atoms with van der Waals surface area (Å²) >= 11 is 6.63. The van der Waals surface area contributed by atoms with Crippen LogP contribution in [0.25, 0.3) is 0 Å². The molecule has 0 bridgehead atoms. The second kappa shape index (κ2) is 7.92. The summed E-state index contributed by atoms with van der Waals surface area (Å²) in [4.78, 5) is 24.1. The first-order chi connectivity index (χ1) is 12.5. The largest absolute Gasteiger partial charge is 0.455 e. The van der Waals surface area contributed by atoms with E-state index in [4.69, 9.17) is 21.1 Å². The molecule has 1 aliphatic carbocycles. The summed E-state index contributed by atoms with van der Waals surface area (Å²) < 4.78 is 11.4. The van der Waals surface area contributed by atoms with Crippen molar-refractivity contribution >= 4 is 23.5 Å². The zero-order valence-electron chi connectivity index (χ0n) is 14.6. The lowest BCUT2D eigenvalue weighted by Gasteiger charge is -2.40. The lowest BCUT2D eigenvalue weighted by molar-refractivity contribution is -0.0639. The highest BCUT2D eigenvalue weighted by molar-refractivity contribution is 6.24. The van der Waals surface area contributed by atoms with Crippen molar-refractivity contribution in [2.75, 3.05) is 0 Å². The smallest absolute Gasteiger partial charge is 0.338 e. The zero-order valence-corrected chi connectivity index (χ0v) is 15.3. The van der Waals surface area contributed by atoms with Gasteiger partial charge in [-0.25, -0.2) is 9.59 Å². The number of alkyl halides is 1. The molecule has 0 spiro atoms. The standard InChI is InChI=1S/C21H21ClO4/c1-21(22)14-8-13-17(25-19(23)15-9-4-2-5-10-15)18(21)26-20(24)16-11-6-3-7-12-16/h2-7,9-12,17-18H,8,13-14H2,1H3/t17-,18-,21-/m1/s1. The molecule has 1 aliphatic rings. The van der Waals surface area contributed by atoms with Crippen molar-refractivity contribution in [3.63, 3.8) is 0 Å². The highest BCUT2D eigenvalue weighted by atomic mass is 35.5. The number of hydrogen-bond donors (Lipinski definition) is 0. The predicted molar refractivity (Wildman–Crippen MR) is 99.4 cm³/mol. The van der Waals surface area contributed by atoms with Gasteiger partial charge in [0.15, 0.2) is 6.10 Å². The van der Waals surface area contributed by atoms with E-state index in [-0.39, 0.29) is 0 Å². The number of esters is 2. The van der Waals surface area contributed by atoms with E-state index in [1.807, 2.05) is 19.1 Å². The van der Waals surface area contributed by atoms with Crippen LogP contribution in [0.15, 0.2) is 60.7 Å². The van der Waals surface area contributed by atoms with Crippen molar-refractivity contribution in [3.05, 3.63) is 71.8 Å². The molecular weight excluding hydrogens is 352 g/mol. The van der Waals surface area contributed by atoms with E-state index >= 15 is 0 Å². The zero-order chi connectivity index (χ0) is 18.6. The third-order valence-electron chi connectivity index (χ3n) is 4.60. The van der Waals surface area contributed by atoms with Gasteiger partial charge in [-0.2, -0.15) is 0 Å². The Balaban J connectivity index is 1.76. The average molecular weight is 373 g/mol. The number of benzene rings is 2. The third kappa shape index (κ3) is 4.25. The lowest BCUT2D eigenvalue weighted by atomic mass is 9.84. The molecule has 4 nitrogen and oxygen atoms in total. The number of rotatable bonds is 4. The molecule has 0 N–H and O–H groups in total. The molecule has 0 aliphatic heterocycles. The Labute approximate surface area is 158 Å². The first kappa shape index (κ1) is 18.5. The van der Waals surface area contributed by atoms with Crippen LogP contribution in [-0.4, -0.2) is 29.0 Å². The van der Waals surface area contributed by atoms with Crippen LogP contribution < -0.4 is 0 Å². The van der Waals surface area contributed by atoms with Gasteiger partial charge >= 0.3 is 11.9 Å². The van der Waals surface area contributed by atoms with Crippen LogP contribution in [0.4, 0.5) is 0 Å². The molecule has 0 heterocycles. The Hall–Kier alpha value is -2.33. The van der Waals surface area contributed by atoms with Gasteiger partial charge in [0, 0.05) is 0 Å². The SMILES string of the molecule is C[C@@]1(Cl)CCC[C@@H](OC(=O)c2ccccc2)[C@H]1OC(=O)c1ccccc1. The molecule has 2 aromatic rings. The second-order valence-corrected chi connectivity index (χ2v) is 7.54. The van der Waals surface area contributed by atoms with E-state index in [0.29, 0.717) is 24.0 Å². The van der Waals surface area contributed by atoms with Crippen molar-refractivity contribution in [2.24, 2.45) is 0 Å². The summed E-state index contributed by atoms with van der Waals surface area (Å²) in [5.74, 6) is -0.907. The number of carbonyl (C=O) groups excluding carboxylic acids is 2. The minimum atomic E-state index is -0.787. The van der Waals surface area contributed by atoms with Crippen LogP contribution in [0.1, 0.15) is 46.9 Å². The molecule has 1 fully saturated rings. The molecule has 0 unspecified atom stereocenters. The number of halogens is 1. The minimum absolute atomic E-state index is 0.439. The molecule has 3 rings (SSSR count). The fourth-order valence-electron chi connectivity index (χ4n) is 3.19. The summed E-state index contributed by atoms with van der Waals surface area (Å²) in [6.45, 7) is 1.82. The highest BCUT2D eigenvalue weighted by Crippen LogP contribution is 2.38. The van der Waals surface area contributed by atoms with Crippen LogP contribution in [0, 0.1) is 0 Å². The lowest BCUT2D eigenvalue weighted by Crippen LogP contribution is -2.50. The van der Waals surface area contributed by atoms with Crippen molar-refractivity contribution in [1.29, 1.82) is 0 Å². The predicted octanol–water partition coefficient (Wildman–Crippen LogP) is 4.62. The summed E-state index contributed by atoms with van der Waals surface area (Å²) in [5.41, 5.74) is 0.904. The average Bonchev–Trinajstić information content (AvgIpc) is 2.65. The van der Waals surface area contributed by atoms with Crippen LogP contribution >= 0.6 is 11.6 Å². The van der Waals surface area contributed by atoms with Crippen molar-refractivity contribution in [1.82, 2.24) is 0 Å². The molecule has 0 radical (unpaired) electrons. The van der Waals surface area contributed by atoms with Gasteiger partial charge in [-0.05, 0) is 50.5 Å². The van der Waals surface area contributed by atoms with Crippen LogP contribution in [0.2, 0.25) is 0 Å². The maximum atomic E-state index is 12.5. The molecule has 1 saturated carbocycles. The first-order valence-electron chi connectivity index (χ1n) is 8.68. The van der Waals surface area contributed by atoms with Gasteiger partial charge in [0.2, 0.25) is 0 Å². The number of hydrogen-bond acceptors (Lipinski definition) is 4. The molecule has 5 heteroatoms. The molecule has 0 aromatic heterocycles. The molecule has 26 heavy (non-hydrogen) atoms. The van der Waals surface area contributed by atoms with Gasteiger partial charge in [0.05, 0.1) is 16.0 Å². The summed E-state index contributed by atoms with van der Waals surface area (Å²) in [6, 6.07) is 17.5. The fourth-order valence-corrected chi connectivity index (χ4v) is 3.51. The Morgan fingerprint density at radius 3 is 1.96 bits per heavy atom. The summed E-state index contributed by atoms with van der Waals surface area (Å²) in [7, 11) is 0. The van der Waals surface area contributed by atoms with Gasteiger partial charge in [-0.3, -0.25) is 0 Å². The topological polar surface area (TPSA) is 52.6 Å². The maximum absolute atomic E-state index is 12.5. The Kier molecular flexibility index (Phi) is 5.62. The highest BCUT2D eigenvalue weighted by Gasteiger charge is 2.46. The van der Waals surface area contributed by atoms with Crippen LogP contribution in [0.3, 0.4) is 0 Å². The maximum Gasteiger partial charge on any atom is 0.338 e. The van der Waals surface area contributed by atoms with Gasteiger partial charge in [-0.1, -0.05) is 36.4 Å². The summed E-state index contributed by atoms with van der Waals surface area (Å²) in [6.07, 6.45) is 0.797. The Bertz CT molecular complexity index is 758. The van der Waals surface area contributed by atoms with Gasteiger partial charge in [0.1, 0.15) is 6.10 Å². The van der Waals surface area contributed by atoms with Gasteiger partial charge in [-0.15, -0.1) is 11.6 Å². The molecule has 2 aromatic carbocycles. The van der Waals surface area contributed by atoms with Gasteiger partial charge in [0.25, 0.3) is 0 Å². The van der Waals surface area contributed by atoms with Crippen molar-refractivity contribution in [2.45, 2.75) is 43.3 Å². The molecular formula is C21H21ClO4.